The van der Waals surface area contributed by atoms with Crippen LogP contribution >= 0.6 is 0 Å². The van der Waals surface area contributed by atoms with E-state index in [0.717, 1.165) is 38.2 Å². The molecule has 3 heterocycles. The molecular weight excluding hydrogens is 442 g/mol. The number of rotatable bonds is 3. The molecule has 174 valence electrons. The summed E-state index contributed by atoms with van der Waals surface area (Å²) in [7, 11) is 1.28. The van der Waals surface area contributed by atoms with Gasteiger partial charge in [-0.2, -0.15) is 0 Å². The van der Waals surface area contributed by atoms with Gasteiger partial charge in [0.2, 0.25) is 0 Å². The molecule has 3 amide bonds. The number of amides is 3. The van der Waals surface area contributed by atoms with Crippen LogP contribution in [0.4, 0.5) is 10.5 Å². The quantitative estimate of drug-likeness (QED) is 0.350. The summed E-state index contributed by atoms with van der Waals surface area (Å²) in [5.41, 5.74) is 5.33. The smallest absolute Gasteiger partial charge is 0.339 e. The van der Waals surface area contributed by atoms with Crippen LogP contribution in [0.2, 0.25) is 0 Å². The number of fused-ring (bicyclic) bond motifs is 4. The molecule has 2 aliphatic rings. The lowest BCUT2D eigenvalue weighted by molar-refractivity contribution is -0.120. The highest BCUT2D eigenvalue weighted by atomic mass is 16.5. The zero-order chi connectivity index (χ0) is 24.3. The molecule has 7 nitrogen and oxygen atoms in total. The number of aromatic nitrogens is 1. The molecular formula is C28H23N3O4. The number of carbonyl (C=O) groups is 3. The number of hydrogen-bond donors (Lipinski definition) is 1. The SMILES string of the molecule is COC(=O)c1ccccc1N1C(=O)[C@@H]2Cc3c([nH]c4ccccc34)[C@H](c3cccc(C)c3)N2C1=O. The normalized spacial score (nSPS) is 19.1. The number of urea groups is 1. The average Bonchev–Trinajstić information content (AvgIpc) is 3.36. The van der Waals surface area contributed by atoms with Crippen LogP contribution < -0.4 is 4.90 Å². The molecule has 0 spiro atoms. The number of carbonyl (C=O) groups excluding carboxylic acids is 3. The molecule has 0 radical (unpaired) electrons. The molecule has 1 N–H and O–H groups in total. The summed E-state index contributed by atoms with van der Waals surface area (Å²) in [4.78, 5) is 46.6. The molecule has 7 heteroatoms. The third-order valence-corrected chi connectivity index (χ3v) is 6.96. The van der Waals surface area contributed by atoms with Crippen molar-refractivity contribution in [3.63, 3.8) is 0 Å². The Bertz CT molecular complexity index is 1520. The highest BCUT2D eigenvalue weighted by Gasteiger charge is 2.53. The molecule has 2 aliphatic heterocycles. The number of ether oxygens (including phenoxy) is 1. The number of aromatic amines is 1. The van der Waals surface area contributed by atoms with Crippen LogP contribution in [0, 0.1) is 6.92 Å². The van der Waals surface area contributed by atoms with Crippen molar-refractivity contribution in [2.75, 3.05) is 12.0 Å². The van der Waals surface area contributed by atoms with Crippen LogP contribution in [0.5, 0.6) is 0 Å². The largest absolute Gasteiger partial charge is 0.465 e. The summed E-state index contributed by atoms with van der Waals surface area (Å²) < 4.78 is 4.91. The molecule has 1 aromatic heterocycles. The minimum Gasteiger partial charge on any atom is -0.465 e. The molecule has 35 heavy (non-hydrogen) atoms. The minimum absolute atomic E-state index is 0.174. The Balaban J connectivity index is 1.55. The highest BCUT2D eigenvalue weighted by molar-refractivity contribution is 6.23. The summed E-state index contributed by atoms with van der Waals surface area (Å²) in [6.07, 6.45) is 0.392. The van der Waals surface area contributed by atoms with E-state index in [1.165, 1.54) is 7.11 Å². The van der Waals surface area contributed by atoms with Crippen LogP contribution in [0.1, 0.15) is 38.8 Å². The van der Waals surface area contributed by atoms with E-state index in [9.17, 15) is 14.4 Å². The first-order chi connectivity index (χ1) is 17.0. The highest BCUT2D eigenvalue weighted by Crippen LogP contribution is 2.45. The number of aryl methyl sites for hydroxylation is 1. The van der Waals surface area contributed by atoms with Gasteiger partial charge in [-0.1, -0.05) is 60.2 Å². The van der Waals surface area contributed by atoms with E-state index in [4.69, 9.17) is 4.74 Å². The van der Waals surface area contributed by atoms with E-state index in [1.54, 1.807) is 29.2 Å². The number of para-hydroxylation sites is 2. The topological polar surface area (TPSA) is 82.7 Å². The third kappa shape index (κ3) is 3.08. The molecule has 0 aliphatic carbocycles. The molecule has 0 unspecified atom stereocenters. The fraction of sp³-hybridized carbons (Fsp3) is 0.179. The van der Waals surface area contributed by atoms with Gasteiger partial charge in [0.05, 0.1) is 18.4 Å². The van der Waals surface area contributed by atoms with Gasteiger partial charge in [0.15, 0.2) is 0 Å². The van der Waals surface area contributed by atoms with Crippen molar-refractivity contribution in [3.05, 3.63) is 101 Å². The summed E-state index contributed by atoms with van der Waals surface area (Å²) >= 11 is 0. The first-order valence-corrected chi connectivity index (χ1v) is 11.5. The molecule has 0 bridgehead atoms. The number of anilines is 1. The first-order valence-electron chi connectivity index (χ1n) is 11.5. The second kappa shape index (κ2) is 7.84. The van der Waals surface area contributed by atoms with E-state index in [-0.39, 0.29) is 17.2 Å². The predicted octanol–water partition coefficient (Wildman–Crippen LogP) is 4.75. The van der Waals surface area contributed by atoms with Crippen molar-refractivity contribution < 1.29 is 19.1 Å². The summed E-state index contributed by atoms with van der Waals surface area (Å²) in [5.74, 6) is -0.947. The Morgan fingerprint density at radius 3 is 2.57 bits per heavy atom. The molecule has 0 saturated carbocycles. The Morgan fingerprint density at radius 2 is 1.77 bits per heavy atom. The van der Waals surface area contributed by atoms with E-state index < -0.39 is 24.1 Å². The number of nitrogens with one attached hydrogen (secondary N) is 1. The lowest BCUT2D eigenvalue weighted by Gasteiger charge is -2.36. The number of H-pyrrole nitrogens is 1. The van der Waals surface area contributed by atoms with Gasteiger partial charge < -0.3 is 9.72 Å². The van der Waals surface area contributed by atoms with Crippen LogP contribution in [0.3, 0.4) is 0 Å². The lowest BCUT2D eigenvalue weighted by Crippen LogP contribution is -2.44. The summed E-state index contributed by atoms with van der Waals surface area (Å²) in [6.45, 7) is 2.01. The van der Waals surface area contributed by atoms with Gasteiger partial charge in [-0.05, 0) is 36.2 Å². The maximum absolute atomic E-state index is 14.0. The van der Waals surface area contributed by atoms with Gasteiger partial charge in [0.1, 0.15) is 12.1 Å². The van der Waals surface area contributed by atoms with Gasteiger partial charge in [0.25, 0.3) is 5.91 Å². The Kier molecular flexibility index (Phi) is 4.74. The molecule has 2 atom stereocenters. The molecule has 1 saturated heterocycles. The summed E-state index contributed by atoms with van der Waals surface area (Å²) in [6, 6.07) is 20.9. The van der Waals surface area contributed by atoms with Gasteiger partial charge in [-0.3, -0.25) is 9.69 Å². The maximum atomic E-state index is 14.0. The van der Waals surface area contributed by atoms with E-state index >= 15 is 0 Å². The fourth-order valence-corrected chi connectivity index (χ4v) is 5.43. The van der Waals surface area contributed by atoms with Crippen molar-refractivity contribution in [2.24, 2.45) is 0 Å². The Morgan fingerprint density at radius 1 is 1.00 bits per heavy atom. The molecule has 4 aromatic rings. The number of imide groups is 1. The van der Waals surface area contributed by atoms with Crippen molar-refractivity contribution >= 4 is 34.5 Å². The molecule has 1 fully saturated rings. The van der Waals surface area contributed by atoms with Crippen molar-refractivity contribution in [1.82, 2.24) is 9.88 Å². The standard InChI is InChI=1S/C28H23N3O4/c1-16-8-7-9-17(14-16)25-24-20(18-10-3-5-12-21(18)29-24)15-23-26(32)31(28(34)30(23)25)22-13-6-4-11-19(22)27(33)35-2/h3-14,23,25,29H,15H2,1-2H3/t23-,25-/m0/s1. The zero-order valence-electron chi connectivity index (χ0n) is 19.3. The fourth-order valence-electron chi connectivity index (χ4n) is 5.43. The Hall–Kier alpha value is -4.39. The van der Waals surface area contributed by atoms with Gasteiger partial charge in [-0.15, -0.1) is 0 Å². The second-order valence-corrected chi connectivity index (χ2v) is 8.97. The predicted molar refractivity (Wildman–Crippen MR) is 131 cm³/mol. The van der Waals surface area contributed by atoms with Gasteiger partial charge in [0, 0.05) is 23.0 Å². The number of esters is 1. The van der Waals surface area contributed by atoms with Crippen molar-refractivity contribution in [3.8, 4) is 0 Å². The molecule has 6 rings (SSSR count). The number of benzene rings is 3. The number of methoxy groups -OCH3 is 1. The van der Waals surface area contributed by atoms with E-state index in [1.807, 2.05) is 55.5 Å². The number of nitrogens with zero attached hydrogens (tertiary/aromatic N) is 2. The summed E-state index contributed by atoms with van der Waals surface area (Å²) in [5, 5.41) is 1.05. The van der Waals surface area contributed by atoms with E-state index in [2.05, 4.69) is 4.98 Å². The van der Waals surface area contributed by atoms with Crippen LogP contribution in [-0.2, 0) is 16.0 Å². The average molecular weight is 466 g/mol. The van der Waals surface area contributed by atoms with Crippen molar-refractivity contribution in [1.29, 1.82) is 0 Å². The van der Waals surface area contributed by atoms with Crippen molar-refractivity contribution in [2.45, 2.75) is 25.4 Å². The minimum atomic E-state index is -0.689. The van der Waals surface area contributed by atoms with Crippen LogP contribution in [0.25, 0.3) is 10.9 Å². The maximum Gasteiger partial charge on any atom is 0.339 e. The second-order valence-electron chi connectivity index (χ2n) is 8.97. The van der Waals surface area contributed by atoms with E-state index in [0.29, 0.717) is 6.42 Å². The third-order valence-electron chi connectivity index (χ3n) is 6.96. The lowest BCUT2D eigenvalue weighted by atomic mass is 9.88. The zero-order valence-corrected chi connectivity index (χ0v) is 19.3. The van der Waals surface area contributed by atoms with Gasteiger partial charge >= 0.3 is 12.0 Å². The Labute approximate surface area is 201 Å². The van der Waals surface area contributed by atoms with Crippen LogP contribution in [0.15, 0.2) is 72.8 Å². The van der Waals surface area contributed by atoms with Gasteiger partial charge in [-0.25, -0.2) is 14.5 Å². The number of hydrogen-bond acceptors (Lipinski definition) is 4. The monoisotopic (exact) mass is 465 g/mol. The first kappa shape index (κ1) is 21.2. The van der Waals surface area contributed by atoms with Crippen LogP contribution in [-0.4, -0.2) is 40.9 Å². The molecule has 3 aromatic carbocycles.